The number of anilines is 2. The molecule has 0 unspecified atom stereocenters. The number of carbonyl (C=O) groups is 1. The van der Waals surface area contributed by atoms with Crippen LogP contribution in [0.1, 0.15) is 13.8 Å². The van der Waals surface area contributed by atoms with E-state index in [1.807, 2.05) is 13.8 Å². The number of hydrogen-bond acceptors (Lipinski definition) is 3. The lowest BCUT2D eigenvalue weighted by atomic mass is 9.94. The van der Waals surface area contributed by atoms with Gasteiger partial charge in [0.05, 0.1) is 15.6 Å². The second kappa shape index (κ2) is 3.66. The quantitative estimate of drug-likeness (QED) is 0.719. The van der Waals surface area contributed by atoms with E-state index in [0.29, 0.717) is 23.7 Å². The Bertz CT molecular complexity index is 458. The number of hydrogen-bond donors (Lipinski definition) is 2. The summed E-state index contributed by atoms with van der Waals surface area (Å²) in [5.74, 6) is 0.567. The Labute approximate surface area is 102 Å². The molecule has 3 N–H and O–H groups in total. The number of nitrogens with one attached hydrogen (secondary N) is 1. The Hall–Kier alpha value is -1.23. The second-order valence-electron chi connectivity index (χ2n) is 4.51. The maximum absolute atomic E-state index is 11.9. The van der Waals surface area contributed by atoms with Crippen molar-refractivity contribution in [2.24, 2.45) is 5.41 Å². The van der Waals surface area contributed by atoms with E-state index in [-0.39, 0.29) is 5.91 Å². The van der Waals surface area contributed by atoms with Gasteiger partial charge in [-0.3, -0.25) is 4.79 Å². The lowest BCUT2D eigenvalue weighted by molar-refractivity contribution is -0.124. The van der Waals surface area contributed by atoms with Crippen molar-refractivity contribution in [2.45, 2.75) is 13.8 Å². The minimum atomic E-state index is -0.548. The Kier molecular flexibility index (Phi) is 2.58. The molecule has 0 saturated carbocycles. The van der Waals surface area contributed by atoms with Crippen LogP contribution < -0.4 is 15.8 Å². The van der Waals surface area contributed by atoms with Gasteiger partial charge in [0, 0.05) is 5.69 Å². The molecule has 0 saturated heterocycles. The standard InChI is InChI=1S/C11H13BrN2O2/c1-11(2)5-16-9-7(12)3-6(13)4-8(9)14-10(11)15/h3-4H,5,13H2,1-2H3,(H,14,15). The summed E-state index contributed by atoms with van der Waals surface area (Å²) in [4.78, 5) is 11.9. The molecule has 86 valence electrons. The smallest absolute Gasteiger partial charge is 0.233 e. The molecule has 16 heavy (non-hydrogen) atoms. The molecule has 1 amide bonds. The minimum absolute atomic E-state index is 0.0660. The molecule has 4 nitrogen and oxygen atoms in total. The molecular formula is C11H13BrN2O2. The van der Waals surface area contributed by atoms with Crippen molar-refractivity contribution >= 4 is 33.2 Å². The zero-order valence-corrected chi connectivity index (χ0v) is 10.7. The van der Waals surface area contributed by atoms with E-state index in [0.717, 1.165) is 4.47 Å². The van der Waals surface area contributed by atoms with Gasteiger partial charge in [0.25, 0.3) is 0 Å². The Morgan fingerprint density at radius 2 is 2.19 bits per heavy atom. The monoisotopic (exact) mass is 284 g/mol. The van der Waals surface area contributed by atoms with Crippen molar-refractivity contribution in [3.8, 4) is 5.75 Å². The van der Waals surface area contributed by atoms with E-state index < -0.39 is 5.41 Å². The van der Waals surface area contributed by atoms with Crippen LogP contribution in [-0.2, 0) is 4.79 Å². The SMILES string of the molecule is CC1(C)COc2c(Br)cc(N)cc2NC1=O. The Balaban J connectivity index is 2.49. The topological polar surface area (TPSA) is 64.3 Å². The molecule has 0 aliphatic carbocycles. The molecule has 0 bridgehead atoms. The van der Waals surface area contributed by atoms with Crippen molar-refractivity contribution in [3.05, 3.63) is 16.6 Å². The summed E-state index contributed by atoms with van der Waals surface area (Å²) in [6, 6.07) is 3.45. The van der Waals surface area contributed by atoms with Gasteiger partial charge < -0.3 is 15.8 Å². The zero-order chi connectivity index (χ0) is 11.9. The number of amides is 1. The van der Waals surface area contributed by atoms with Crippen LogP contribution in [0, 0.1) is 5.41 Å². The Morgan fingerprint density at radius 3 is 2.88 bits per heavy atom. The van der Waals surface area contributed by atoms with E-state index in [9.17, 15) is 4.79 Å². The Morgan fingerprint density at radius 1 is 1.50 bits per heavy atom. The van der Waals surface area contributed by atoms with Crippen LogP contribution in [0.4, 0.5) is 11.4 Å². The summed E-state index contributed by atoms with van der Waals surface area (Å²) in [7, 11) is 0. The fourth-order valence-electron chi connectivity index (χ4n) is 1.46. The highest BCUT2D eigenvalue weighted by atomic mass is 79.9. The highest BCUT2D eigenvalue weighted by Crippen LogP contribution is 2.39. The molecule has 1 aromatic rings. The third-order valence-electron chi connectivity index (χ3n) is 2.51. The summed E-state index contributed by atoms with van der Waals surface area (Å²) in [6.07, 6.45) is 0. The summed E-state index contributed by atoms with van der Waals surface area (Å²) in [6.45, 7) is 4.02. The number of carbonyl (C=O) groups excluding carboxylic acids is 1. The molecule has 0 atom stereocenters. The predicted molar refractivity (Wildman–Crippen MR) is 66.5 cm³/mol. The first-order valence-corrected chi connectivity index (χ1v) is 5.73. The first kappa shape index (κ1) is 11.3. The highest BCUT2D eigenvalue weighted by Gasteiger charge is 2.33. The first-order valence-electron chi connectivity index (χ1n) is 4.93. The maximum atomic E-state index is 11.9. The van der Waals surface area contributed by atoms with Crippen molar-refractivity contribution < 1.29 is 9.53 Å². The summed E-state index contributed by atoms with van der Waals surface area (Å²) in [5, 5.41) is 2.82. The lowest BCUT2D eigenvalue weighted by Crippen LogP contribution is -2.33. The van der Waals surface area contributed by atoms with Crippen molar-refractivity contribution in [1.82, 2.24) is 0 Å². The molecule has 0 aromatic heterocycles. The summed E-state index contributed by atoms with van der Waals surface area (Å²) < 4.78 is 6.38. The number of benzene rings is 1. The normalized spacial score (nSPS) is 18.1. The summed E-state index contributed by atoms with van der Waals surface area (Å²) in [5.41, 5.74) is 6.35. The molecule has 2 rings (SSSR count). The van der Waals surface area contributed by atoms with Crippen LogP contribution in [0.3, 0.4) is 0 Å². The van der Waals surface area contributed by atoms with Gasteiger partial charge in [0.1, 0.15) is 6.61 Å². The van der Waals surface area contributed by atoms with E-state index in [4.69, 9.17) is 10.5 Å². The largest absolute Gasteiger partial charge is 0.489 e. The number of ether oxygens (including phenoxy) is 1. The third-order valence-corrected chi connectivity index (χ3v) is 3.10. The number of rotatable bonds is 0. The van der Waals surface area contributed by atoms with Gasteiger partial charge in [0.2, 0.25) is 5.91 Å². The van der Waals surface area contributed by atoms with Gasteiger partial charge in [-0.05, 0) is 41.9 Å². The van der Waals surface area contributed by atoms with Gasteiger partial charge >= 0.3 is 0 Å². The van der Waals surface area contributed by atoms with Gasteiger partial charge in [-0.2, -0.15) is 0 Å². The molecule has 0 spiro atoms. The van der Waals surface area contributed by atoms with Crippen molar-refractivity contribution in [2.75, 3.05) is 17.7 Å². The number of nitrogen functional groups attached to an aromatic ring is 1. The van der Waals surface area contributed by atoms with Crippen LogP contribution in [0.2, 0.25) is 0 Å². The second-order valence-corrected chi connectivity index (χ2v) is 5.36. The molecule has 1 aliphatic rings. The summed E-state index contributed by atoms with van der Waals surface area (Å²) >= 11 is 3.37. The van der Waals surface area contributed by atoms with Gasteiger partial charge in [-0.1, -0.05) is 0 Å². The van der Waals surface area contributed by atoms with Gasteiger partial charge in [-0.15, -0.1) is 0 Å². The fraction of sp³-hybridized carbons (Fsp3) is 0.364. The zero-order valence-electron chi connectivity index (χ0n) is 9.13. The van der Waals surface area contributed by atoms with E-state index in [1.165, 1.54) is 0 Å². The minimum Gasteiger partial charge on any atom is -0.489 e. The van der Waals surface area contributed by atoms with Crippen LogP contribution in [0.25, 0.3) is 0 Å². The average molecular weight is 285 g/mol. The average Bonchev–Trinajstić information content (AvgIpc) is 2.25. The number of fused-ring (bicyclic) bond motifs is 1. The van der Waals surface area contributed by atoms with Crippen LogP contribution >= 0.6 is 15.9 Å². The van der Waals surface area contributed by atoms with E-state index in [2.05, 4.69) is 21.2 Å². The molecule has 1 aromatic carbocycles. The molecule has 1 aliphatic heterocycles. The highest BCUT2D eigenvalue weighted by molar-refractivity contribution is 9.10. The predicted octanol–water partition coefficient (Wildman–Crippen LogP) is 2.39. The number of halogens is 1. The lowest BCUT2D eigenvalue weighted by Gasteiger charge is -2.18. The third kappa shape index (κ3) is 1.87. The van der Waals surface area contributed by atoms with E-state index >= 15 is 0 Å². The van der Waals surface area contributed by atoms with Crippen molar-refractivity contribution in [3.63, 3.8) is 0 Å². The first-order chi connectivity index (χ1) is 7.40. The molecule has 0 radical (unpaired) electrons. The van der Waals surface area contributed by atoms with Gasteiger partial charge in [-0.25, -0.2) is 0 Å². The van der Waals surface area contributed by atoms with Crippen LogP contribution in [-0.4, -0.2) is 12.5 Å². The van der Waals surface area contributed by atoms with Crippen LogP contribution in [0.5, 0.6) is 5.75 Å². The fourth-order valence-corrected chi connectivity index (χ4v) is 2.06. The van der Waals surface area contributed by atoms with Crippen molar-refractivity contribution in [1.29, 1.82) is 0 Å². The number of nitrogens with two attached hydrogens (primary N) is 1. The molecule has 5 heteroatoms. The maximum Gasteiger partial charge on any atom is 0.233 e. The molecular weight excluding hydrogens is 272 g/mol. The van der Waals surface area contributed by atoms with Crippen LogP contribution in [0.15, 0.2) is 16.6 Å². The van der Waals surface area contributed by atoms with E-state index in [1.54, 1.807) is 12.1 Å². The molecule has 1 heterocycles. The van der Waals surface area contributed by atoms with Gasteiger partial charge in [0.15, 0.2) is 5.75 Å². The molecule has 0 fully saturated rings.